The summed E-state index contributed by atoms with van der Waals surface area (Å²) in [4.78, 5) is 0. The van der Waals surface area contributed by atoms with Crippen LogP contribution in [0.4, 0.5) is 0 Å². The highest BCUT2D eigenvalue weighted by Gasteiger charge is 2.11. The van der Waals surface area contributed by atoms with Crippen LogP contribution < -0.4 is 0 Å². The van der Waals surface area contributed by atoms with Gasteiger partial charge in [-0.2, -0.15) is 0 Å². The minimum absolute atomic E-state index is 0.604. The van der Waals surface area contributed by atoms with Gasteiger partial charge in [0.05, 0.1) is 11.6 Å². The molecule has 3 rings (SSSR count). The zero-order valence-corrected chi connectivity index (χ0v) is 12.0. The van der Waals surface area contributed by atoms with Gasteiger partial charge in [0.2, 0.25) is 0 Å². The molecule has 0 amide bonds. The first-order valence-corrected chi connectivity index (χ1v) is 6.87. The number of rotatable bonds is 3. The molecular weight excluding hydrogens is 293 g/mol. The largest absolute Gasteiger partial charge is 0.309 e. The normalized spacial score (nSPS) is 10.7. The molecule has 20 heavy (non-hydrogen) atoms. The molecule has 0 unspecified atom stereocenters. The van der Waals surface area contributed by atoms with Crippen LogP contribution in [0, 0.1) is 0 Å². The number of hydrogen-bond donors (Lipinski definition) is 0. The van der Waals surface area contributed by atoms with E-state index >= 15 is 0 Å². The van der Waals surface area contributed by atoms with Crippen LogP contribution in [0.15, 0.2) is 54.9 Å². The fourth-order valence-corrected chi connectivity index (χ4v) is 2.45. The second-order valence-corrected chi connectivity index (χ2v) is 5.17. The summed E-state index contributed by atoms with van der Waals surface area (Å²) in [5.41, 5.74) is 1.88. The van der Waals surface area contributed by atoms with Crippen molar-refractivity contribution in [2.45, 2.75) is 6.54 Å². The van der Waals surface area contributed by atoms with Crippen LogP contribution in [0.3, 0.4) is 0 Å². The Balaban J connectivity index is 2.00. The monoisotopic (exact) mass is 303 g/mol. The van der Waals surface area contributed by atoms with Gasteiger partial charge in [0.15, 0.2) is 5.82 Å². The van der Waals surface area contributed by atoms with Crippen molar-refractivity contribution in [3.63, 3.8) is 0 Å². The smallest absolute Gasteiger partial charge is 0.165 e. The van der Waals surface area contributed by atoms with Crippen LogP contribution in [0.25, 0.3) is 11.4 Å². The first-order chi connectivity index (χ1) is 9.75. The molecule has 0 fully saturated rings. The average Bonchev–Trinajstić information content (AvgIpc) is 2.90. The van der Waals surface area contributed by atoms with Crippen LogP contribution in [0.1, 0.15) is 5.56 Å². The van der Waals surface area contributed by atoms with Crippen LogP contribution in [-0.2, 0) is 6.54 Å². The second kappa shape index (κ2) is 5.65. The lowest BCUT2D eigenvalue weighted by atomic mass is 10.2. The Morgan fingerprint density at radius 2 is 1.60 bits per heavy atom. The highest BCUT2D eigenvalue weighted by Crippen LogP contribution is 2.26. The second-order valence-electron chi connectivity index (χ2n) is 4.35. The summed E-state index contributed by atoms with van der Waals surface area (Å²) in [6.45, 7) is 0.604. The summed E-state index contributed by atoms with van der Waals surface area (Å²) in [6, 6.07) is 15.3. The Kier molecular flexibility index (Phi) is 3.72. The maximum atomic E-state index is 6.21. The van der Waals surface area contributed by atoms with Crippen LogP contribution in [0.2, 0.25) is 10.0 Å². The first-order valence-electron chi connectivity index (χ1n) is 6.12. The molecule has 0 N–H and O–H groups in total. The van der Waals surface area contributed by atoms with E-state index < -0.39 is 0 Å². The van der Waals surface area contributed by atoms with Gasteiger partial charge in [0.25, 0.3) is 0 Å². The van der Waals surface area contributed by atoms with Crippen molar-refractivity contribution in [2.24, 2.45) is 0 Å². The molecule has 0 saturated carbocycles. The highest BCUT2D eigenvalue weighted by molar-refractivity contribution is 6.33. The highest BCUT2D eigenvalue weighted by atomic mass is 35.5. The van der Waals surface area contributed by atoms with Crippen LogP contribution in [-0.4, -0.2) is 14.8 Å². The van der Waals surface area contributed by atoms with E-state index in [1.54, 1.807) is 6.33 Å². The summed E-state index contributed by atoms with van der Waals surface area (Å²) < 4.78 is 1.93. The van der Waals surface area contributed by atoms with E-state index in [-0.39, 0.29) is 0 Å². The summed E-state index contributed by atoms with van der Waals surface area (Å²) in [7, 11) is 0. The van der Waals surface area contributed by atoms with E-state index in [0.29, 0.717) is 11.6 Å². The van der Waals surface area contributed by atoms with Crippen molar-refractivity contribution in [3.05, 3.63) is 70.5 Å². The average molecular weight is 304 g/mol. The van der Waals surface area contributed by atoms with Gasteiger partial charge in [-0.1, -0.05) is 53.5 Å². The number of halogens is 2. The molecule has 2 aromatic carbocycles. The Morgan fingerprint density at radius 1 is 0.900 bits per heavy atom. The lowest BCUT2D eigenvalue weighted by Crippen LogP contribution is -2.01. The van der Waals surface area contributed by atoms with E-state index in [1.165, 1.54) is 0 Å². The SMILES string of the molecule is Clc1ccccc1Cn1cnnc1-c1ccccc1Cl. The van der Waals surface area contributed by atoms with Gasteiger partial charge < -0.3 is 4.57 Å². The van der Waals surface area contributed by atoms with Gasteiger partial charge in [-0.3, -0.25) is 0 Å². The molecule has 0 aliphatic carbocycles. The van der Waals surface area contributed by atoms with E-state index in [1.807, 2.05) is 53.1 Å². The summed E-state index contributed by atoms with van der Waals surface area (Å²) >= 11 is 12.4. The standard InChI is InChI=1S/C15H11Cl2N3/c16-13-7-3-1-5-11(13)9-20-10-18-19-15(20)12-6-2-4-8-14(12)17/h1-8,10H,9H2. The first kappa shape index (κ1) is 13.2. The fraction of sp³-hybridized carbons (Fsp3) is 0.0667. The lowest BCUT2D eigenvalue weighted by molar-refractivity contribution is 0.803. The van der Waals surface area contributed by atoms with Crippen molar-refractivity contribution < 1.29 is 0 Å². The minimum atomic E-state index is 0.604. The van der Waals surface area contributed by atoms with Crippen molar-refractivity contribution in [2.75, 3.05) is 0 Å². The zero-order valence-electron chi connectivity index (χ0n) is 10.5. The predicted molar refractivity (Wildman–Crippen MR) is 81.0 cm³/mol. The Hall–Kier alpha value is -1.84. The molecule has 0 radical (unpaired) electrons. The molecule has 0 saturated heterocycles. The Labute approximate surface area is 126 Å². The van der Waals surface area contributed by atoms with Crippen LogP contribution in [0.5, 0.6) is 0 Å². The summed E-state index contributed by atoms with van der Waals surface area (Å²) in [6.07, 6.45) is 1.68. The number of benzene rings is 2. The molecule has 1 aromatic heterocycles. The molecule has 0 spiro atoms. The van der Waals surface area contributed by atoms with Gasteiger partial charge in [0.1, 0.15) is 6.33 Å². The molecular formula is C15H11Cl2N3. The van der Waals surface area contributed by atoms with E-state index in [4.69, 9.17) is 23.2 Å². The number of hydrogen-bond acceptors (Lipinski definition) is 2. The molecule has 1 heterocycles. The van der Waals surface area contributed by atoms with Gasteiger partial charge in [-0.25, -0.2) is 0 Å². The van der Waals surface area contributed by atoms with E-state index in [0.717, 1.165) is 22.0 Å². The zero-order chi connectivity index (χ0) is 13.9. The maximum Gasteiger partial charge on any atom is 0.165 e. The van der Waals surface area contributed by atoms with Crippen molar-refractivity contribution in [1.82, 2.24) is 14.8 Å². The molecule has 3 nitrogen and oxygen atoms in total. The van der Waals surface area contributed by atoms with E-state index in [9.17, 15) is 0 Å². The third kappa shape index (κ3) is 2.55. The van der Waals surface area contributed by atoms with Gasteiger partial charge >= 0.3 is 0 Å². The summed E-state index contributed by atoms with van der Waals surface area (Å²) in [5.74, 6) is 0.732. The summed E-state index contributed by atoms with van der Waals surface area (Å²) in [5, 5.41) is 9.52. The number of aromatic nitrogens is 3. The molecule has 5 heteroatoms. The van der Waals surface area contributed by atoms with Gasteiger partial charge in [-0.05, 0) is 23.8 Å². The molecule has 3 aromatic rings. The Morgan fingerprint density at radius 3 is 2.35 bits per heavy atom. The third-order valence-corrected chi connectivity index (χ3v) is 3.73. The van der Waals surface area contributed by atoms with Gasteiger partial charge in [-0.15, -0.1) is 10.2 Å². The fourth-order valence-electron chi connectivity index (χ4n) is 2.03. The molecule has 0 bridgehead atoms. The van der Waals surface area contributed by atoms with Crippen molar-refractivity contribution >= 4 is 23.2 Å². The topological polar surface area (TPSA) is 30.7 Å². The molecule has 100 valence electrons. The molecule has 0 aliphatic heterocycles. The maximum absolute atomic E-state index is 6.21. The van der Waals surface area contributed by atoms with Crippen molar-refractivity contribution in [1.29, 1.82) is 0 Å². The van der Waals surface area contributed by atoms with Crippen molar-refractivity contribution in [3.8, 4) is 11.4 Å². The van der Waals surface area contributed by atoms with E-state index in [2.05, 4.69) is 10.2 Å². The minimum Gasteiger partial charge on any atom is -0.309 e. The predicted octanol–water partition coefficient (Wildman–Crippen LogP) is 4.30. The molecule has 0 aliphatic rings. The number of nitrogens with zero attached hydrogens (tertiary/aromatic N) is 3. The Bertz CT molecular complexity index is 737. The molecule has 0 atom stereocenters. The van der Waals surface area contributed by atoms with Gasteiger partial charge in [0, 0.05) is 10.6 Å². The lowest BCUT2D eigenvalue weighted by Gasteiger charge is -2.09. The quantitative estimate of drug-likeness (QED) is 0.722. The third-order valence-electron chi connectivity index (χ3n) is 3.03. The van der Waals surface area contributed by atoms with Crippen LogP contribution >= 0.6 is 23.2 Å².